The molecule has 1 unspecified atom stereocenters. The van der Waals surface area contributed by atoms with Gasteiger partial charge < -0.3 is 20.1 Å². The van der Waals surface area contributed by atoms with Gasteiger partial charge in [0.15, 0.2) is 0 Å². The largest absolute Gasteiger partial charge is 0.481 e. The zero-order valence-electron chi connectivity index (χ0n) is 12.0. The van der Waals surface area contributed by atoms with Crippen molar-refractivity contribution >= 4 is 11.9 Å². The molecule has 0 aliphatic carbocycles. The Bertz CT molecular complexity index is 349. The summed E-state index contributed by atoms with van der Waals surface area (Å²) >= 11 is 0. The maximum atomic E-state index is 11.9. The first-order valence-corrected chi connectivity index (χ1v) is 7.41. The van der Waals surface area contributed by atoms with E-state index in [2.05, 4.69) is 5.32 Å². The van der Waals surface area contributed by atoms with Crippen molar-refractivity contribution in [1.82, 2.24) is 10.2 Å². The summed E-state index contributed by atoms with van der Waals surface area (Å²) in [6, 6.07) is 0. The van der Waals surface area contributed by atoms with Gasteiger partial charge >= 0.3 is 5.97 Å². The fraction of sp³-hybridized carbons (Fsp3) is 0.857. The second-order valence-corrected chi connectivity index (χ2v) is 5.76. The smallest absolute Gasteiger partial charge is 0.306 e. The maximum absolute atomic E-state index is 11.9. The van der Waals surface area contributed by atoms with Crippen LogP contribution in [-0.4, -0.2) is 60.8 Å². The van der Waals surface area contributed by atoms with Crippen LogP contribution in [0.2, 0.25) is 0 Å². The molecular weight excluding hydrogens is 260 g/mol. The Morgan fingerprint density at radius 1 is 1.35 bits per heavy atom. The van der Waals surface area contributed by atoms with Crippen molar-refractivity contribution < 1.29 is 19.4 Å². The molecule has 0 bridgehead atoms. The number of hydrogen-bond acceptors (Lipinski definition) is 4. The molecule has 20 heavy (non-hydrogen) atoms. The quantitative estimate of drug-likeness (QED) is 0.734. The molecule has 2 saturated heterocycles. The van der Waals surface area contributed by atoms with Crippen molar-refractivity contribution in [3.8, 4) is 0 Å². The Morgan fingerprint density at radius 3 is 2.60 bits per heavy atom. The number of piperidine rings is 1. The zero-order chi connectivity index (χ0) is 14.5. The molecule has 2 N–H and O–H groups in total. The lowest BCUT2D eigenvalue weighted by Gasteiger charge is -2.41. The number of carboxylic acids is 1. The van der Waals surface area contributed by atoms with Gasteiger partial charge in [-0.1, -0.05) is 6.92 Å². The van der Waals surface area contributed by atoms with Crippen molar-refractivity contribution in [3.63, 3.8) is 0 Å². The lowest BCUT2D eigenvalue weighted by atomic mass is 9.87. The van der Waals surface area contributed by atoms with Crippen LogP contribution in [0.3, 0.4) is 0 Å². The molecule has 0 aromatic heterocycles. The Balaban J connectivity index is 1.58. The normalized spacial score (nSPS) is 22.4. The molecule has 0 aromatic carbocycles. The van der Waals surface area contributed by atoms with Crippen molar-refractivity contribution in [2.24, 2.45) is 11.8 Å². The number of rotatable bonds is 6. The Hall–Kier alpha value is -1.14. The summed E-state index contributed by atoms with van der Waals surface area (Å²) in [6.07, 6.45) is 2.70. The first-order valence-electron chi connectivity index (χ1n) is 7.41. The predicted molar refractivity (Wildman–Crippen MR) is 73.3 cm³/mol. The van der Waals surface area contributed by atoms with Crippen LogP contribution in [0.4, 0.5) is 0 Å². The molecule has 2 heterocycles. The standard InChI is InChI=1S/C14H24N2O4/c1-10(14(18)19)11-8-16(9-11)13(17)4-7-20-12-2-5-15-6-3-12/h10-12,15H,2-9H2,1H3,(H,18,19). The molecule has 1 atom stereocenters. The Labute approximate surface area is 119 Å². The number of carboxylic acid groups (broad SMARTS) is 1. The molecule has 0 radical (unpaired) electrons. The molecule has 6 heteroatoms. The van der Waals surface area contributed by atoms with Gasteiger partial charge in [-0.3, -0.25) is 9.59 Å². The topological polar surface area (TPSA) is 78.9 Å². The monoisotopic (exact) mass is 284 g/mol. The third-order valence-corrected chi connectivity index (χ3v) is 4.31. The molecule has 2 fully saturated rings. The highest BCUT2D eigenvalue weighted by Gasteiger charge is 2.36. The van der Waals surface area contributed by atoms with Gasteiger partial charge in [-0.05, 0) is 25.9 Å². The summed E-state index contributed by atoms with van der Waals surface area (Å²) < 4.78 is 5.70. The molecule has 1 amide bonds. The third-order valence-electron chi connectivity index (χ3n) is 4.31. The third kappa shape index (κ3) is 3.93. The summed E-state index contributed by atoms with van der Waals surface area (Å²) in [7, 11) is 0. The predicted octanol–water partition coefficient (Wildman–Crippen LogP) is 0.324. The van der Waals surface area contributed by atoms with E-state index >= 15 is 0 Å². The summed E-state index contributed by atoms with van der Waals surface area (Å²) in [6.45, 7) is 5.28. The van der Waals surface area contributed by atoms with Gasteiger partial charge in [0.05, 0.1) is 25.0 Å². The van der Waals surface area contributed by atoms with Gasteiger partial charge in [0.2, 0.25) is 5.91 Å². The van der Waals surface area contributed by atoms with Crippen molar-refractivity contribution in [2.75, 3.05) is 32.8 Å². The molecule has 114 valence electrons. The molecule has 0 aromatic rings. The number of likely N-dealkylation sites (tertiary alicyclic amines) is 1. The number of hydrogen-bond donors (Lipinski definition) is 2. The van der Waals surface area contributed by atoms with Gasteiger partial charge in [-0.25, -0.2) is 0 Å². The van der Waals surface area contributed by atoms with E-state index in [4.69, 9.17) is 9.84 Å². The fourth-order valence-corrected chi connectivity index (χ4v) is 2.67. The van der Waals surface area contributed by atoms with Crippen molar-refractivity contribution in [1.29, 1.82) is 0 Å². The van der Waals surface area contributed by atoms with E-state index in [0.29, 0.717) is 26.1 Å². The lowest BCUT2D eigenvalue weighted by molar-refractivity contribution is -0.151. The van der Waals surface area contributed by atoms with E-state index < -0.39 is 5.97 Å². The lowest BCUT2D eigenvalue weighted by Crippen LogP contribution is -2.53. The van der Waals surface area contributed by atoms with Crippen molar-refractivity contribution in [3.05, 3.63) is 0 Å². The number of amides is 1. The van der Waals surface area contributed by atoms with Crippen LogP contribution < -0.4 is 5.32 Å². The van der Waals surface area contributed by atoms with E-state index in [1.165, 1.54) is 0 Å². The molecule has 0 spiro atoms. The molecule has 2 rings (SSSR count). The molecule has 6 nitrogen and oxygen atoms in total. The average molecular weight is 284 g/mol. The minimum atomic E-state index is -0.781. The summed E-state index contributed by atoms with van der Waals surface area (Å²) in [5, 5.41) is 12.2. The number of aliphatic carboxylic acids is 1. The number of nitrogens with zero attached hydrogens (tertiary/aromatic N) is 1. The summed E-state index contributed by atoms with van der Waals surface area (Å²) in [4.78, 5) is 24.5. The van der Waals surface area contributed by atoms with Crippen LogP contribution in [0.25, 0.3) is 0 Å². The van der Waals surface area contributed by atoms with E-state index in [-0.39, 0.29) is 23.8 Å². The Kier molecular flexibility index (Phi) is 5.37. The highest BCUT2D eigenvalue weighted by atomic mass is 16.5. The number of nitrogens with one attached hydrogen (secondary N) is 1. The molecule has 2 aliphatic rings. The highest BCUT2D eigenvalue weighted by Crippen LogP contribution is 2.24. The van der Waals surface area contributed by atoms with E-state index in [9.17, 15) is 9.59 Å². The van der Waals surface area contributed by atoms with E-state index in [1.807, 2.05) is 0 Å². The van der Waals surface area contributed by atoms with E-state index in [0.717, 1.165) is 25.9 Å². The van der Waals surface area contributed by atoms with Crippen LogP contribution >= 0.6 is 0 Å². The van der Waals surface area contributed by atoms with Gasteiger partial charge in [-0.2, -0.15) is 0 Å². The van der Waals surface area contributed by atoms with Gasteiger partial charge in [0.25, 0.3) is 0 Å². The summed E-state index contributed by atoms with van der Waals surface area (Å²) in [5.41, 5.74) is 0. The van der Waals surface area contributed by atoms with Crippen molar-refractivity contribution in [2.45, 2.75) is 32.3 Å². The Morgan fingerprint density at radius 2 is 2.00 bits per heavy atom. The first-order chi connectivity index (χ1) is 9.58. The van der Waals surface area contributed by atoms with Crippen LogP contribution in [0.1, 0.15) is 26.2 Å². The number of carbonyl (C=O) groups excluding carboxylic acids is 1. The fourth-order valence-electron chi connectivity index (χ4n) is 2.67. The first kappa shape index (κ1) is 15.3. The summed E-state index contributed by atoms with van der Waals surface area (Å²) in [5.74, 6) is -0.976. The maximum Gasteiger partial charge on any atom is 0.306 e. The van der Waals surface area contributed by atoms with Crippen LogP contribution in [0.5, 0.6) is 0 Å². The van der Waals surface area contributed by atoms with Crippen LogP contribution in [-0.2, 0) is 14.3 Å². The van der Waals surface area contributed by atoms with Crippen LogP contribution in [0, 0.1) is 11.8 Å². The minimum Gasteiger partial charge on any atom is -0.481 e. The number of ether oxygens (including phenoxy) is 1. The van der Waals surface area contributed by atoms with Gasteiger partial charge in [0.1, 0.15) is 0 Å². The minimum absolute atomic E-state index is 0.0766. The second-order valence-electron chi connectivity index (χ2n) is 5.76. The number of carbonyl (C=O) groups is 2. The average Bonchev–Trinajstić information content (AvgIpc) is 2.38. The SMILES string of the molecule is CC(C(=O)O)C1CN(C(=O)CCOC2CCNCC2)C1. The molecular formula is C14H24N2O4. The second kappa shape index (κ2) is 7.04. The molecule has 0 saturated carbocycles. The molecule has 2 aliphatic heterocycles. The van der Waals surface area contributed by atoms with E-state index in [1.54, 1.807) is 11.8 Å². The van der Waals surface area contributed by atoms with Gasteiger partial charge in [0, 0.05) is 19.0 Å². The van der Waals surface area contributed by atoms with Gasteiger partial charge in [-0.15, -0.1) is 0 Å². The van der Waals surface area contributed by atoms with Crippen LogP contribution in [0.15, 0.2) is 0 Å². The zero-order valence-corrected chi connectivity index (χ0v) is 12.0. The highest BCUT2D eigenvalue weighted by molar-refractivity contribution is 5.78.